The fourth-order valence-electron chi connectivity index (χ4n) is 2.10. The van der Waals surface area contributed by atoms with Crippen molar-refractivity contribution in [3.63, 3.8) is 0 Å². The fraction of sp³-hybridized carbons (Fsp3) is 0.462. The topological polar surface area (TPSA) is 58.4 Å². The standard InChI is InChI=1S/C13H18FN3O/c1-9(15)13(18)16-12-10(14)5-4-6-11(12)17-7-2-3-8-17/h4-6,9H,2-3,7-8,15H2,1H3,(H,16,18). The van der Waals surface area contributed by atoms with Gasteiger partial charge in [0.15, 0.2) is 0 Å². The minimum absolute atomic E-state index is 0.238. The number of anilines is 2. The highest BCUT2D eigenvalue weighted by Crippen LogP contribution is 2.31. The Balaban J connectivity index is 2.29. The minimum Gasteiger partial charge on any atom is -0.370 e. The zero-order valence-corrected chi connectivity index (χ0v) is 10.4. The highest BCUT2D eigenvalue weighted by atomic mass is 19.1. The lowest BCUT2D eigenvalue weighted by Gasteiger charge is -2.22. The first kappa shape index (κ1) is 12.8. The van der Waals surface area contributed by atoms with E-state index < -0.39 is 11.9 Å². The molecule has 1 aliphatic rings. The zero-order chi connectivity index (χ0) is 13.1. The van der Waals surface area contributed by atoms with Gasteiger partial charge in [-0.25, -0.2) is 4.39 Å². The molecular weight excluding hydrogens is 233 g/mol. The highest BCUT2D eigenvalue weighted by Gasteiger charge is 2.20. The smallest absolute Gasteiger partial charge is 0.241 e. The maximum absolute atomic E-state index is 13.8. The number of rotatable bonds is 3. The first-order valence-corrected chi connectivity index (χ1v) is 6.19. The molecule has 0 bridgehead atoms. The molecule has 1 aliphatic heterocycles. The van der Waals surface area contributed by atoms with Crippen LogP contribution in [-0.2, 0) is 4.79 Å². The van der Waals surface area contributed by atoms with E-state index >= 15 is 0 Å². The van der Waals surface area contributed by atoms with Gasteiger partial charge < -0.3 is 16.0 Å². The molecule has 1 saturated heterocycles. The molecule has 18 heavy (non-hydrogen) atoms. The van der Waals surface area contributed by atoms with Crippen molar-refractivity contribution in [2.45, 2.75) is 25.8 Å². The van der Waals surface area contributed by atoms with Crippen molar-refractivity contribution >= 4 is 17.3 Å². The van der Waals surface area contributed by atoms with Gasteiger partial charge in [0.2, 0.25) is 5.91 Å². The van der Waals surface area contributed by atoms with Crippen LogP contribution in [-0.4, -0.2) is 25.0 Å². The second kappa shape index (κ2) is 5.35. The van der Waals surface area contributed by atoms with Crippen molar-refractivity contribution in [1.82, 2.24) is 0 Å². The van der Waals surface area contributed by atoms with E-state index in [1.54, 1.807) is 13.0 Å². The Morgan fingerprint density at radius 2 is 2.11 bits per heavy atom. The highest BCUT2D eigenvalue weighted by molar-refractivity contribution is 5.97. The average molecular weight is 251 g/mol. The average Bonchev–Trinajstić information content (AvgIpc) is 2.85. The number of carbonyl (C=O) groups excluding carboxylic acids is 1. The predicted octanol–water partition coefficient (Wildman–Crippen LogP) is 1.71. The second-order valence-electron chi connectivity index (χ2n) is 4.61. The van der Waals surface area contributed by atoms with E-state index in [1.807, 2.05) is 6.07 Å². The molecule has 98 valence electrons. The number of nitrogens with zero attached hydrogens (tertiary/aromatic N) is 1. The van der Waals surface area contributed by atoms with E-state index in [0.29, 0.717) is 0 Å². The van der Waals surface area contributed by atoms with Gasteiger partial charge in [-0.05, 0) is 31.9 Å². The number of hydrogen-bond acceptors (Lipinski definition) is 3. The third-order valence-corrected chi connectivity index (χ3v) is 3.10. The molecule has 1 aromatic rings. The number of halogens is 1. The van der Waals surface area contributed by atoms with Gasteiger partial charge in [0, 0.05) is 13.1 Å². The normalized spacial score (nSPS) is 16.7. The van der Waals surface area contributed by atoms with E-state index in [9.17, 15) is 9.18 Å². The minimum atomic E-state index is -0.656. The summed E-state index contributed by atoms with van der Waals surface area (Å²) in [5.41, 5.74) is 6.46. The van der Waals surface area contributed by atoms with Gasteiger partial charge >= 0.3 is 0 Å². The molecule has 0 saturated carbocycles. The van der Waals surface area contributed by atoms with Crippen molar-refractivity contribution in [2.75, 3.05) is 23.3 Å². The molecule has 1 unspecified atom stereocenters. The van der Waals surface area contributed by atoms with Crippen LogP contribution in [0.4, 0.5) is 15.8 Å². The van der Waals surface area contributed by atoms with Crippen LogP contribution in [0.25, 0.3) is 0 Å². The molecule has 3 N–H and O–H groups in total. The number of benzene rings is 1. The first-order valence-electron chi connectivity index (χ1n) is 6.19. The largest absolute Gasteiger partial charge is 0.370 e. The summed E-state index contributed by atoms with van der Waals surface area (Å²) in [7, 11) is 0. The van der Waals surface area contributed by atoms with E-state index in [1.165, 1.54) is 6.07 Å². The van der Waals surface area contributed by atoms with Gasteiger partial charge in [-0.2, -0.15) is 0 Å². The summed E-state index contributed by atoms with van der Waals surface area (Å²) in [6.45, 7) is 3.36. The quantitative estimate of drug-likeness (QED) is 0.859. The van der Waals surface area contributed by atoms with Gasteiger partial charge in [0.25, 0.3) is 0 Å². The van der Waals surface area contributed by atoms with Crippen LogP contribution in [0.2, 0.25) is 0 Å². The summed E-state index contributed by atoms with van der Waals surface area (Å²) < 4.78 is 13.8. The van der Waals surface area contributed by atoms with E-state index in [2.05, 4.69) is 10.2 Å². The Morgan fingerprint density at radius 1 is 1.44 bits per heavy atom. The number of hydrogen-bond donors (Lipinski definition) is 2. The van der Waals surface area contributed by atoms with Crippen molar-refractivity contribution in [1.29, 1.82) is 0 Å². The summed E-state index contributed by atoms with van der Waals surface area (Å²) >= 11 is 0. The molecule has 1 aromatic carbocycles. The third-order valence-electron chi connectivity index (χ3n) is 3.10. The number of carbonyl (C=O) groups is 1. The van der Waals surface area contributed by atoms with E-state index in [-0.39, 0.29) is 11.6 Å². The SMILES string of the molecule is CC(N)C(=O)Nc1c(F)cccc1N1CCCC1. The van der Waals surface area contributed by atoms with Crippen LogP contribution in [0.15, 0.2) is 18.2 Å². The van der Waals surface area contributed by atoms with Crippen LogP contribution in [0.5, 0.6) is 0 Å². The van der Waals surface area contributed by atoms with Crippen LogP contribution in [0, 0.1) is 5.82 Å². The molecule has 1 fully saturated rings. The van der Waals surface area contributed by atoms with Crippen molar-refractivity contribution < 1.29 is 9.18 Å². The summed E-state index contributed by atoms with van der Waals surface area (Å²) in [5.74, 6) is -0.797. The molecule has 0 spiro atoms. The van der Waals surface area contributed by atoms with E-state index in [4.69, 9.17) is 5.73 Å². The van der Waals surface area contributed by atoms with Crippen LogP contribution in [0.1, 0.15) is 19.8 Å². The Kier molecular flexibility index (Phi) is 3.81. The van der Waals surface area contributed by atoms with Crippen molar-refractivity contribution in [3.8, 4) is 0 Å². The lowest BCUT2D eigenvalue weighted by molar-refractivity contribution is -0.117. The summed E-state index contributed by atoms with van der Waals surface area (Å²) in [4.78, 5) is 13.7. The molecule has 2 rings (SSSR count). The fourth-order valence-corrected chi connectivity index (χ4v) is 2.10. The Morgan fingerprint density at radius 3 is 2.72 bits per heavy atom. The number of para-hydroxylation sites is 1. The third kappa shape index (κ3) is 2.61. The monoisotopic (exact) mass is 251 g/mol. The molecule has 0 aliphatic carbocycles. The second-order valence-corrected chi connectivity index (χ2v) is 4.61. The van der Waals surface area contributed by atoms with Crippen molar-refractivity contribution in [2.24, 2.45) is 5.73 Å². The van der Waals surface area contributed by atoms with Gasteiger partial charge in [0.05, 0.1) is 11.7 Å². The van der Waals surface area contributed by atoms with E-state index in [0.717, 1.165) is 31.6 Å². The summed E-state index contributed by atoms with van der Waals surface area (Å²) in [5, 5.41) is 2.57. The molecule has 0 radical (unpaired) electrons. The van der Waals surface area contributed by atoms with Gasteiger partial charge in [-0.1, -0.05) is 6.07 Å². The Hall–Kier alpha value is -1.62. The number of amides is 1. The van der Waals surface area contributed by atoms with Crippen LogP contribution >= 0.6 is 0 Å². The zero-order valence-electron chi connectivity index (χ0n) is 10.4. The lowest BCUT2D eigenvalue weighted by Crippen LogP contribution is -2.33. The van der Waals surface area contributed by atoms with Gasteiger partial charge in [0.1, 0.15) is 11.5 Å². The van der Waals surface area contributed by atoms with Crippen LogP contribution < -0.4 is 16.0 Å². The molecule has 1 amide bonds. The Bertz CT molecular complexity index is 442. The van der Waals surface area contributed by atoms with Gasteiger partial charge in [-0.3, -0.25) is 4.79 Å². The molecule has 0 aromatic heterocycles. The van der Waals surface area contributed by atoms with Crippen molar-refractivity contribution in [3.05, 3.63) is 24.0 Å². The number of nitrogens with two attached hydrogens (primary N) is 1. The molecular formula is C13H18FN3O. The molecule has 1 atom stereocenters. The molecule has 5 heteroatoms. The lowest BCUT2D eigenvalue weighted by atomic mass is 10.2. The van der Waals surface area contributed by atoms with Crippen LogP contribution in [0.3, 0.4) is 0 Å². The maximum Gasteiger partial charge on any atom is 0.241 e. The molecule has 4 nitrogen and oxygen atoms in total. The number of nitrogens with one attached hydrogen (secondary N) is 1. The summed E-state index contributed by atoms with van der Waals surface area (Å²) in [6.07, 6.45) is 2.19. The molecule has 1 heterocycles. The Labute approximate surface area is 106 Å². The predicted molar refractivity (Wildman–Crippen MR) is 70.1 cm³/mol. The maximum atomic E-state index is 13.8. The summed E-state index contributed by atoms with van der Waals surface area (Å²) in [6, 6.07) is 4.17. The first-order chi connectivity index (χ1) is 8.59. The van der Waals surface area contributed by atoms with Gasteiger partial charge in [-0.15, -0.1) is 0 Å².